The van der Waals surface area contributed by atoms with Crippen LogP contribution in [0.5, 0.6) is 11.5 Å². The SMILES string of the molecule is CCc1cc(=O)[nH]c(-n2nc(-c3ccccc3)cc2NC(=O)Nc2ccc(OC)c(OC)c2)n1. The summed E-state index contributed by atoms with van der Waals surface area (Å²) >= 11 is 0. The highest BCUT2D eigenvalue weighted by molar-refractivity contribution is 5.99. The Morgan fingerprint density at radius 1 is 1.00 bits per heavy atom. The van der Waals surface area contributed by atoms with E-state index in [1.807, 2.05) is 37.3 Å². The van der Waals surface area contributed by atoms with E-state index in [4.69, 9.17) is 9.47 Å². The number of methoxy groups -OCH3 is 2. The molecule has 174 valence electrons. The highest BCUT2D eigenvalue weighted by atomic mass is 16.5. The second-order valence-corrected chi connectivity index (χ2v) is 7.26. The zero-order chi connectivity index (χ0) is 24.1. The predicted octanol–water partition coefficient (Wildman–Crippen LogP) is 3.85. The molecule has 0 aliphatic rings. The third-order valence-electron chi connectivity index (χ3n) is 5.01. The summed E-state index contributed by atoms with van der Waals surface area (Å²) in [5.74, 6) is 1.56. The number of H-pyrrole nitrogens is 1. The van der Waals surface area contributed by atoms with Crippen LogP contribution in [0.3, 0.4) is 0 Å². The molecule has 10 heteroatoms. The number of amides is 2. The van der Waals surface area contributed by atoms with E-state index < -0.39 is 6.03 Å². The molecule has 2 amide bonds. The molecular formula is C24H24N6O4. The second-order valence-electron chi connectivity index (χ2n) is 7.26. The molecule has 0 fully saturated rings. The number of nitrogens with zero attached hydrogens (tertiary/aromatic N) is 3. The van der Waals surface area contributed by atoms with Crippen LogP contribution in [0.25, 0.3) is 17.2 Å². The van der Waals surface area contributed by atoms with E-state index in [0.717, 1.165) is 5.56 Å². The normalized spacial score (nSPS) is 10.6. The largest absolute Gasteiger partial charge is 0.493 e. The average molecular weight is 460 g/mol. The van der Waals surface area contributed by atoms with Gasteiger partial charge in [-0.2, -0.15) is 9.78 Å². The molecule has 10 nitrogen and oxygen atoms in total. The molecule has 0 aliphatic heterocycles. The third-order valence-corrected chi connectivity index (χ3v) is 5.01. The summed E-state index contributed by atoms with van der Waals surface area (Å²) < 4.78 is 11.9. The van der Waals surface area contributed by atoms with Gasteiger partial charge in [-0.1, -0.05) is 37.3 Å². The van der Waals surface area contributed by atoms with Crippen molar-refractivity contribution in [2.75, 3.05) is 24.9 Å². The number of urea groups is 1. The number of carbonyl (C=O) groups excluding carboxylic acids is 1. The fourth-order valence-electron chi connectivity index (χ4n) is 3.35. The standard InChI is InChI=1S/C24H24N6O4/c1-4-16-13-22(31)28-23(25-16)30-21(14-18(29-30)15-8-6-5-7-9-15)27-24(32)26-17-10-11-19(33-2)20(12-17)34-3/h5-14H,4H2,1-3H3,(H,25,28,31)(H2,26,27,32). The molecule has 0 saturated carbocycles. The molecule has 0 unspecified atom stereocenters. The molecule has 4 aromatic rings. The van der Waals surface area contributed by atoms with Crippen LogP contribution < -0.4 is 25.7 Å². The lowest BCUT2D eigenvalue weighted by Gasteiger charge is -2.12. The number of aryl methyl sites for hydroxylation is 1. The summed E-state index contributed by atoms with van der Waals surface area (Å²) in [6.45, 7) is 1.90. The first kappa shape index (κ1) is 22.6. The van der Waals surface area contributed by atoms with Crippen LogP contribution in [0.2, 0.25) is 0 Å². The van der Waals surface area contributed by atoms with Crippen molar-refractivity contribution < 1.29 is 14.3 Å². The highest BCUT2D eigenvalue weighted by Gasteiger charge is 2.16. The number of nitrogens with one attached hydrogen (secondary N) is 3. The number of carbonyl (C=O) groups is 1. The number of aromatic nitrogens is 4. The van der Waals surface area contributed by atoms with E-state index in [1.54, 1.807) is 24.3 Å². The Labute approximate surface area is 195 Å². The van der Waals surface area contributed by atoms with Gasteiger partial charge in [0.25, 0.3) is 5.56 Å². The van der Waals surface area contributed by atoms with Crippen molar-refractivity contribution in [1.82, 2.24) is 19.7 Å². The minimum atomic E-state index is -0.512. The maximum Gasteiger partial charge on any atom is 0.324 e. The maximum atomic E-state index is 12.8. The first-order valence-electron chi connectivity index (χ1n) is 10.6. The molecule has 0 radical (unpaired) electrons. The number of hydrogen-bond acceptors (Lipinski definition) is 6. The van der Waals surface area contributed by atoms with Crippen LogP contribution in [0.1, 0.15) is 12.6 Å². The summed E-state index contributed by atoms with van der Waals surface area (Å²) in [5, 5.41) is 10.1. The molecular weight excluding hydrogens is 436 g/mol. The Kier molecular flexibility index (Phi) is 6.58. The molecule has 3 N–H and O–H groups in total. The Hall–Kier alpha value is -4.60. The van der Waals surface area contributed by atoms with Crippen LogP contribution in [-0.4, -0.2) is 40.0 Å². The van der Waals surface area contributed by atoms with Crippen LogP contribution >= 0.6 is 0 Å². The van der Waals surface area contributed by atoms with Crippen molar-refractivity contribution in [3.05, 3.63) is 76.7 Å². The van der Waals surface area contributed by atoms with Crippen molar-refractivity contribution in [3.8, 4) is 28.7 Å². The van der Waals surface area contributed by atoms with E-state index in [9.17, 15) is 9.59 Å². The number of benzene rings is 2. The zero-order valence-electron chi connectivity index (χ0n) is 19.0. The molecule has 0 saturated heterocycles. The van der Waals surface area contributed by atoms with E-state index in [2.05, 4.69) is 25.7 Å². The van der Waals surface area contributed by atoms with Crippen LogP contribution in [-0.2, 0) is 6.42 Å². The fraction of sp³-hybridized carbons (Fsp3) is 0.167. The molecule has 2 heterocycles. The summed E-state index contributed by atoms with van der Waals surface area (Å²) in [6, 6.07) is 17.2. The monoisotopic (exact) mass is 460 g/mol. The number of rotatable bonds is 7. The topological polar surface area (TPSA) is 123 Å². The van der Waals surface area contributed by atoms with Gasteiger partial charge in [-0.3, -0.25) is 15.1 Å². The van der Waals surface area contributed by atoms with Gasteiger partial charge in [-0.25, -0.2) is 9.78 Å². The van der Waals surface area contributed by atoms with Crippen LogP contribution in [0.15, 0.2) is 65.5 Å². The Morgan fingerprint density at radius 2 is 1.76 bits per heavy atom. The molecule has 34 heavy (non-hydrogen) atoms. The lowest BCUT2D eigenvalue weighted by atomic mass is 10.2. The Morgan fingerprint density at radius 3 is 2.47 bits per heavy atom. The van der Waals surface area contributed by atoms with Crippen molar-refractivity contribution in [2.24, 2.45) is 0 Å². The second kappa shape index (κ2) is 9.90. The lowest BCUT2D eigenvalue weighted by Crippen LogP contribution is -2.23. The van der Waals surface area contributed by atoms with Gasteiger partial charge in [0.05, 0.1) is 19.9 Å². The van der Waals surface area contributed by atoms with E-state index in [0.29, 0.717) is 40.8 Å². The van der Waals surface area contributed by atoms with E-state index in [1.165, 1.54) is 25.0 Å². The predicted molar refractivity (Wildman–Crippen MR) is 129 cm³/mol. The third kappa shape index (κ3) is 4.90. The Bertz CT molecular complexity index is 1360. The quantitative estimate of drug-likeness (QED) is 0.385. The zero-order valence-corrected chi connectivity index (χ0v) is 19.0. The maximum absolute atomic E-state index is 12.8. The minimum Gasteiger partial charge on any atom is -0.493 e. The first-order chi connectivity index (χ1) is 16.5. The van der Waals surface area contributed by atoms with Gasteiger partial charge in [0.1, 0.15) is 5.82 Å². The number of anilines is 2. The van der Waals surface area contributed by atoms with Gasteiger partial charge in [0.2, 0.25) is 5.95 Å². The smallest absolute Gasteiger partial charge is 0.324 e. The minimum absolute atomic E-state index is 0.202. The summed E-state index contributed by atoms with van der Waals surface area (Å²) in [6.07, 6.45) is 0.576. The highest BCUT2D eigenvalue weighted by Crippen LogP contribution is 2.30. The van der Waals surface area contributed by atoms with Gasteiger partial charge < -0.3 is 14.8 Å². The van der Waals surface area contributed by atoms with Gasteiger partial charge in [0, 0.05) is 35.1 Å². The molecule has 0 bridgehead atoms. The summed E-state index contributed by atoms with van der Waals surface area (Å²) in [7, 11) is 3.05. The van der Waals surface area contributed by atoms with Gasteiger partial charge in [-0.05, 0) is 18.6 Å². The summed E-state index contributed by atoms with van der Waals surface area (Å²) in [5.41, 5.74) is 2.25. The lowest BCUT2D eigenvalue weighted by molar-refractivity contribution is 0.262. The molecule has 0 aliphatic carbocycles. The van der Waals surface area contributed by atoms with Crippen molar-refractivity contribution in [1.29, 1.82) is 0 Å². The molecule has 2 aromatic heterocycles. The Balaban J connectivity index is 1.68. The molecule has 0 atom stereocenters. The van der Waals surface area contributed by atoms with Gasteiger partial charge in [0.15, 0.2) is 11.5 Å². The first-order valence-corrected chi connectivity index (χ1v) is 10.6. The van der Waals surface area contributed by atoms with Crippen molar-refractivity contribution in [3.63, 3.8) is 0 Å². The van der Waals surface area contributed by atoms with E-state index in [-0.39, 0.29) is 11.5 Å². The molecule has 2 aromatic carbocycles. The van der Waals surface area contributed by atoms with Gasteiger partial charge >= 0.3 is 6.03 Å². The van der Waals surface area contributed by atoms with Crippen LogP contribution in [0.4, 0.5) is 16.3 Å². The molecule has 4 rings (SSSR count). The fourth-order valence-corrected chi connectivity index (χ4v) is 3.35. The molecule has 0 spiro atoms. The number of hydrogen-bond donors (Lipinski definition) is 3. The van der Waals surface area contributed by atoms with Gasteiger partial charge in [-0.15, -0.1) is 0 Å². The van der Waals surface area contributed by atoms with Crippen molar-refractivity contribution in [2.45, 2.75) is 13.3 Å². The number of ether oxygens (including phenoxy) is 2. The average Bonchev–Trinajstić information content (AvgIpc) is 3.27. The van der Waals surface area contributed by atoms with Crippen LogP contribution in [0, 0.1) is 0 Å². The van der Waals surface area contributed by atoms with Crippen molar-refractivity contribution >= 4 is 17.5 Å². The summed E-state index contributed by atoms with van der Waals surface area (Å²) in [4.78, 5) is 32.1. The van der Waals surface area contributed by atoms with E-state index >= 15 is 0 Å². The number of aromatic amines is 1.